The second-order valence-electron chi connectivity index (χ2n) is 4.65. The van der Waals surface area contributed by atoms with Crippen LogP contribution in [0.15, 0.2) is 30.3 Å². The highest BCUT2D eigenvalue weighted by atomic mass is 32.2. The Morgan fingerprint density at radius 3 is 2.40 bits per heavy atom. The monoisotopic (exact) mass is 296 g/mol. The maximum absolute atomic E-state index is 11.6. The number of sulfonamides is 1. The molecule has 0 saturated carbocycles. The second kappa shape index (κ2) is 7.09. The van der Waals surface area contributed by atoms with Gasteiger partial charge in [-0.2, -0.15) is 0 Å². The Morgan fingerprint density at radius 2 is 1.90 bits per heavy atom. The number of carbonyl (C=O) groups is 1. The Morgan fingerprint density at radius 1 is 1.30 bits per heavy atom. The molecule has 1 amide bonds. The molecule has 20 heavy (non-hydrogen) atoms. The van der Waals surface area contributed by atoms with Gasteiger partial charge in [-0.1, -0.05) is 19.1 Å². The van der Waals surface area contributed by atoms with Crippen LogP contribution in [0.2, 0.25) is 0 Å². The molecule has 0 saturated heterocycles. The summed E-state index contributed by atoms with van der Waals surface area (Å²) in [6.07, 6.45) is 5.12. The Balaban J connectivity index is 2.63. The van der Waals surface area contributed by atoms with E-state index in [2.05, 4.69) is 10.0 Å². The van der Waals surface area contributed by atoms with Crippen LogP contribution in [-0.4, -0.2) is 26.6 Å². The average molecular weight is 296 g/mol. The van der Waals surface area contributed by atoms with Crippen LogP contribution in [-0.2, 0) is 14.8 Å². The predicted octanol–water partition coefficient (Wildman–Crippen LogP) is 1.99. The first-order valence-corrected chi connectivity index (χ1v) is 8.25. The molecule has 0 radical (unpaired) electrons. The molecule has 1 aromatic carbocycles. The normalized spacial score (nSPS) is 13.2. The molecule has 1 rings (SSSR count). The molecule has 0 aliphatic carbocycles. The molecule has 1 aromatic rings. The van der Waals surface area contributed by atoms with Gasteiger partial charge in [0, 0.05) is 17.8 Å². The van der Waals surface area contributed by atoms with Crippen molar-refractivity contribution in [1.29, 1.82) is 0 Å². The average Bonchev–Trinajstić information content (AvgIpc) is 2.36. The molecule has 0 aromatic heterocycles. The molecule has 2 N–H and O–H groups in total. The van der Waals surface area contributed by atoms with Crippen molar-refractivity contribution in [2.75, 3.05) is 11.0 Å². The summed E-state index contributed by atoms with van der Waals surface area (Å²) in [6, 6.07) is 6.91. The van der Waals surface area contributed by atoms with E-state index in [9.17, 15) is 13.2 Å². The molecule has 0 aliphatic rings. The molecule has 1 unspecified atom stereocenters. The number of carbonyl (C=O) groups excluding carboxylic acids is 1. The van der Waals surface area contributed by atoms with Gasteiger partial charge in [0.2, 0.25) is 15.9 Å². The molecular weight excluding hydrogens is 276 g/mol. The highest BCUT2D eigenvalue weighted by molar-refractivity contribution is 7.92. The molecule has 0 aliphatic heterocycles. The number of anilines is 1. The Bertz CT molecular complexity index is 577. The van der Waals surface area contributed by atoms with Crippen LogP contribution >= 0.6 is 0 Å². The van der Waals surface area contributed by atoms with Gasteiger partial charge in [-0.25, -0.2) is 8.42 Å². The van der Waals surface area contributed by atoms with Crippen molar-refractivity contribution in [3.05, 3.63) is 35.9 Å². The Kier molecular flexibility index (Phi) is 5.76. The maximum atomic E-state index is 11.6. The van der Waals surface area contributed by atoms with Crippen LogP contribution in [0.3, 0.4) is 0 Å². The van der Waals surface area contributed by atoms with Gasteiger partial charge in [-0.3, -0.25) is 9.52 Å². The summed E-state index contributed by atoms with van der Waals surface area (Å²) >= 11 is 0. The summed E-state index contributed by atoms with van der Waals surface area (Å²) in [5.41, 5.74) is 1.32. The van der Waals surface area contributed by atoms with E-state index in [-0.39, 0.29) is 11.9 Å². The zero-order chi connectivity index (χ0) is 15.2. The fourth-order valence-electron chi connectivity index (χ4n) is 1.44. The topological polar surface area (TPSA) is 75.3 Å². The standard InChI is InChI=1S/C14H20N2O3S/c1-4-11(2)15-14(17)10-7-12-5-8-13(9-6-12)16-20(3,18)19/h5-11,16H,4H2,1-3H3,(H,15,17)/b10-7+. The smallest absolute Gasteiger partial charge is 0.244 e. The van der Waals surface area contributed by atoms with E-state index in [0.717, 1.165) is 18.2 Å². The number of amides is 1. The number of hydrogen-bond donors (Lipinski definition) is 2. The first-order valence-electron chi connectivity index (χ1n) is 6.36. The minimum Gasteiger partial charge on any atom is -0.350 e. The van der Waals surface area contributed by atoms with E-state index < -0.39 is 10.0 Å². The number of nitrogens with one attached hydrogen (secondary N) is 2. The van der Waals surface area contributed by atoms with E-state index in [1.807, 2.05) is 13.8 Å². The van der Waals surface area contributed by atoms with Gasteiger partial charge < -0.3 is 5.32 Å². The van der Waals surface area contributed by atoms with Gasteiger partial charge in [0.15, 0.2) is 0 Å². The van der Waals surface area contributed by atoms with Gasteiger partial charge >= 0.3 is 0 Å². The fraction of sp³-hybridized carbons (Fsp3) is 0.357. The molecule has 0 fully saturated rings. The molecule has 6 heteroatoms. The van der Waals surface area contributed by atoms with Gasteiger partial charge in [-0.15, -0.1) is 0 Å². The van der Waals surface area contributed by atoms with Crippen LogP contribution in [0.1, 0.15) is 25.8 Å². The quantitative estimate of drug-likeness (QED) is 0.788. The summed E-state index contributed by atoms with van der Waals surface area (Å²) < 4.78 is 24.5. The fourth-order valence-corrected chi connectivity index (χ4v) is 2.01. The molecule has 0 heterocycles. The van der Waals surface area contributed by atoms with Crippen molar-refractivity contribution in [2.24, 2.45) is 0 Å². The third-order valence-corrected chi connectivity index (χ3v) is 3.25. The number of hydrogen-bond acceptors (Lipinski definition) is 3. The van der Waals surface area contributed by atoms with Crippen LogP contribution < -0.4 is 10.0 Å². The predicted molar refractivity (Wildman–Crippen MR) is 81.8 cm³/mol. The molecule has 5 nitrogen and oxygen atoms in total. The SMILES string of the molecule is CCC(C)NC(=O)/C=C/c1ccc(NS(C)(=O)=O)cc1. The first kappa shape index (κ1) is 16.2. The van der Waals surface area contributed by atoms with Gasteiger partial charge in [0.1, 0.15) is 0 Å². The van der Waals surface area contributed by atoms with Crippen LogP contribution in [0.4, 0.5) is 5.69 Å². The van der Waals surface area contributed by atoms with E-state index in [1.165, 1.54) is 6.08 Å². The molecular formula is C14H20N2O3S. The highest BCUT2D eigenvalue weighted by Crippen LogP contribution is 2.11. The largest absolute Gasteiger partial charge is 0.350 e. The maximum Gasteiger partial charge on any atom is 0.244 e. The van der Waals surface area contributed by atoms with Gasteiger partial charge in [-0.05, 0) is 37.1 Å². The van der Waals surface area contributed by atoms with Gasteiger partial charge in [0.05, 0.1) is 6.26 Å². The van der Waals surface area contributed by atoms with Crippen molar-refractivity contribution >= 4 is 27.7 Å². The molecule has 110 valence electrons. The van der Waals surface area contributed by atoms with Crippen LogP contribution in [0, 0.1) is 0 Å². The third-order valence-electron chi connectivity index (χ3n) is 2.64. The zero-order valence-corrected chi connectivity index (χ0v) is 12.7. The van der Waals surface area contributed by atoms with Crippen molar-refractivity contribution < 1.29 is 13.2 Å². The summed E-state index contributed by atoms with van der Waals surface area (Å²) in [5, 5.41) is 2.82. The van der Waals surface area contributed by atoms with Crippen molar-refractivity contribution in [3.8, 4) is 0 Å². The lowest BCUT2D eigenvalue weighted by atomic mass is 10.2. The lowest BCUT2D eigenvalue weighted by molar-refractivity contribution is -0.117. The van der Waals surface area contributed by atoms with E-state index in [4.69, 9.17) is 0 Å². The summed E-state index contributed by atoms with van der Waals surface area (Å²) in [6.45, 7) is 3.94. The van der Waals surface area contributed by atoms with E-state index in [1.54, 1.807) is 30.3 Å². The van der Waals surface area contributed by atoms with Crippen molar-refractivity contribution in [3.63, 3.8) is 0 Å². The van der Waals surface area contributed by atoms with Gasteiger partial charge in [0.25, 0.3) is 0 Å². The molecule has 0 spiro atoms. The lowest BCUT2D eigenvalue weighted by Gasteiger charge is -2.08. The van der Waals surface area contributed by atoms with Crippen LogP contribution in [0.25, 0.3) is 6.08 Å². The Hall–Kier alpha value is -1.82. The molecule has 0 bridgehead atoms. The summed E-state index contributed by atoms with van der Waals surface area (Å²) in [4.78, 5) is 11.6. The zero-order valence-electron chi connectivity index (χ0n) is 11.9. The lowest BCUT2D eigenvalue weighted by Crippen LogP contribution is -2.30. The van der Waals surface area contributed by atoms with Crippen LogP contribution in [0.5, 0.6) is 0 Å². The minimum atomic E-state index is -3.26. The Labute approximate surface area is 120 Å². The van der Waals surface area contributed by atoms with Crippen molar-refractivity contribution in [2.45, 2.75) is 26.3 Å². The summed E-state index contributed by atoms with van der Waals surface area (Å²) in [5.74, 6) is -0.141. The number of benzene rings is 1. The minimum absolute atomic E-state index is 0.141. The highest BCUT2D eigenvalue weighted by Gasteiger charge is 2.02. The second-order valence-corrected chi connectivity index (χ2v) is 6.40. The first-order chi connectivity index (χ1) is 9.30. The number of rotatable bonds is 6. The van der Waals surface area contributed by atoms with Crippen molar-refractivity contribution in [1.82, 2.24) is 5.32 Å². The third kappa shape index (κ3) is 6.38. The summed E-state index contributed by atoms with van der Waals surface area (Å²) in [7, 11) is -3.26. The van der Waals surface area contributed by atoms with E-state index >= 15 is 0 Å². The van der Waals surface area contributed by atoms with E-state index in [0.29, 0.717) is 5.69 Å². The molecule has 1 atom stereocenters.